The second kappa shape index (κ2) is 9.37. The molecule has 8 heteroatoms. The lowest BCUT2D eigenvalue weighted by molar-refractivity contribution is 0.0730. The van der Waals surface area contributed by atoms with Crippen molar-refractivity contribution in [3.63, 3.8) is 0 Å². The summed E-state index contributed by atoms with van der Waals surface area (Å²) in [6.45, 7) is 5.82. The van der Waals surface area contributed by atoms with Gasteiger partial charge in [0.15, 0.2) is 0 Å². The molecule has 0 aliphatic carbocycles. The molecule has 180 valence electrons. The Hall–Kier alpha value is -3.33. The minimum Gasteiger partial charge on any atom is -0.379 e. The van der Waals surface area contributed by atoms with E-state index in [1.165, 1.54) is 4.31 Å². The third kappa shape index (κ3) is 4.52. The van der Waals surface area contributed by atoms with Gasteiger partial charge in [-0.2, -0.15) is 9.30 Å². The van der Waals surface area contributed by atoms with Crippen molar-refractivity contribution < 1.29 is 17.9 Å². The molecular weight excluding hydrogens is 462 g/mol. The molecule has 1 saturated heterocycles. The normalized spacial score (nSPS) is 17.5. The van der Waals surface area contributed by atoms with Crippen LogP contribution in [0.15, 0.2) is 76.6 Å². The molecule has 35 heavy (non-hydrogen) atoms. The standard InChI is InChI=1S/C27H27N3O4S/c1-19-10-11-24(20(2)16-19)27(31)28-26-25-9-4-3-6-21(25)18-30(26)22-7-5-8-23(17-22)35(32,33)29-12-14-34-15-13-29/h3-11,16-17H,12-15,18H2,1-2H3. The Morgan fingerprint density at radius 1 is 0.943 bits per heavy atom. The number of benzene rings is 3. The number of amidine groups is 1. The number of aliphatic imine (C=N–C) groups is 1. The van der Waals surface area contributed by atoms with Gasteiger partial charge in [0.25, 0.3) is 5.91 Å². The van der Waals surface area contributed by atoms with Crippen LogP contribution in [-0.2, 0) is 21.3 Å². The van der Waals surface area contributed by atoms with Crippen LogP contribution in [0.25, 0.3) is 0 Å². The third-order valence-corrected chi connectivity index (χ3v) is 8.29. The van der Waals surface area contributed by atoms with Crippen molar-refractivity contribution in [1.82, 2.24) is 4.31 Å². The van der Waals surface area contributed by atoms with Crippen molar-refractivity contribution in [1.29, 1.82) is 0 Å². The Bertz CT molecular complexity index is 1430. The van der Waals surface area contributed by atoms with E-state index in [4.69, 9.17) is 4.74 Å². The molecule has 0 N–H and O–H groups in total. The van der Waals surface area contributed by atoms with Gasteiger partial charge in [-0.1, -0.05) is 48.0 Å². The average Bonchev–Trinajstić information content (AvgIpc) is 3.23. The van der Waals surface area contributed by atoms with Crippen LogP contribution in [0, 0.1) is 13.8 Å². The van der Waals surface area contributed by atoms with Crippen LogP contribution in [0.1, 0.15) is 32.6 Å². The van der Waals surface area contributed by atoms with Gasteiger partial charge in [-0.25, -0.2) is 8.42 Å². The summed E-state index contributed by atoms with van der Waals surface area (Å²) in [7, 11) is -3.65. The number of anilines is 1. The molecule has 3 aromatic rings. The zero-order valence-corrected chi connectivity index (χ0v) is 20.6. The highest BCUT2D eigenvalue weighted by molar-refractivity contribution is 7.89. The molecule has 1 amide bonds. The minimum absolute atomic E-state index is 0.216. The number of rotatable bonds is 4. The van der Waals surface area contributed by atoms with Gasteiger partial charge in [0, 0.05) is 29.9 Å². The molecule has 0 atom stereocenters. The number of amides is 1. The third-order valence-electron chi connectivity index (χ3n) is 6.40. The number of nitrogens with zero attached hydrogens (tertiary/aromatic N) is 3. The van der Waals surface area contributed by atoms with Crippen molar-refractivity contribution in [2.75, 3.05) is 31.2 Å². The Kier molecular flexibility index (Phi) is 6.27. The maximum Gasteiger partial charge on any atom is 0.279 e. The molecule has 2 heterocycles. The molecule has 7 nitrogen and oxygen atoms in total. The topological polar surface area (TPSA) is 79.3 Å². The molecular formula is C27H27N3O4S. The largest absolute Gasteiger partial charge is 0.379 e. The van der Waals surface area contributed by atoms with Crippen molar-refractivity contribution in [2.45, 2.75) is 25.3 Å². The Morgan fingerprint density at radius 2 is 1.71 bits per heavy atom. The molecule has 1 fully saturated rings. The number of carbonyl (C=O) groups is 1. The van der Waals surface area contributed by atoms with Crippen LogP contribution in [0.2, 0.25) is 0 Å². The summed E-state index contributed by atoms with van der Waals surface area (Å²) in [4.78, 5) is 19.9. The second-order valence-electron chi connectivity index (χ2n) is 8.82. The summed E-state index contributed by atoms with van der Waals surface area (Å²) in [5, 5.41) is 0. The number of ether oxygens (including phenoxy) is 1. The van der Waals surface area contributed by atoms with E-state index in [-0.39, 0.29) is 10.8 Å². The molecule has 2 aliphatic rings. The van der Waals surface area contributed by atoms with E-state index >= 15 is 0 Å². The van der Waals surface area contributed by atoms with Gasteiger partial charge >= 0.3 is 0 Å². The molecule has 0 radical (unpaired) electrons. The predicted molar refractivity (Wildman–Crippen MR) is 135 cm³/mol. The van der Waals surface area contributed by atoms with Crippen LogP contribution in [-0.4, -0.2) is 50.8 Å². The smallest absolute Gasteiger partial charge is 0.279 e. The van der Waals surface area contributed by atoms with Gasteiger partial charge < -0.3 is 9.64 Å². The molecule has 3 aromatic carbocycles. The average molecular weight is 490 g/mol. The van der Waals surface area contributed by atoms with E-state index in [0.29, 0.717) is 49.9 Å². The summed E-state index contributed by atoms with van der Waals surface area (Å²) in [6, 6.07) is 20.3. The maximum atomic E-state index is 13.2. The van der Waals surface area contributed by atoms with Crippen molar-refractivity contribution >= 4 is 27.5 Å². The first kappa shape index (κ1) is 23.4. The number of morpholine rings is 1. The number of aryl methyl sites for hydroxylation is 2. The van der Waals surface area contributed by atoms with E-state index in [2.05, 4.69) is 4.99 Å². The van der Waals surface area contributed by atoms with Gasteiger partial charge in [0.05, 0.1) is 24.7 Å². The monoisotopic (exact) mass is 489 g/mol. The fourth-order valence-electron chi connectivity index (χ4n) is 4.56. The Morgan fingerprint density at radius 3 is 2.49 bits per heavy atom. The Labute approximate surface area is 205 Å². The van der Waals surface area contributed by atoms with E-state index in [9.17, 15) is 13.2 Å². The number of carbonyl (C=O) groups excluding carboxylic acids is 1. The molecule has 0 spiro atoms. The predicted octanol–water partition coefficient (Wildman–Crippen LogP) is 3.93. The minimum atomic E-state index is -3.65. The number of hydrogen-bond acceptors (Lipinski definition) is 4. The van der Waals surface area contributed by atoms with E-state index in [1.807, 2.05) is 61.2 Å². The van der Waals surface area contributed by atoms with Crippen molar-refractivity contribution in [2.24, 2.45) is 4.99 Å². The Balaban J connectivity index is 1.54. The van der Waals surface area contributed by atoms with Crippen molar-refractivity contribution in [3.05, 3.63) is 94.5 Å². The molecule has 0 unspecified atom stereocenters. The van der Waals surface area contributed by atoms with Gasteiger partial charge in [-0.05, 0) is 49.2 Å². The highest BCUT2D eigenvalue weighted by Crippen LogP contribution is 2.31. The van der Waals surface area contributed by atoms with Crippen LogP contribution < -0.4 is 4.90 Å². The second-order valence-corrected chi connectivity index (χ2v) is 10.8. The fourth-order valence-corrected chi connectivity index (χ4v) is 6.01. The zero-order chi connectivity index (χ0) is 24.6. The quantitative estimate of drug-likeness (QED) is 0.555. The van der Waals surface area contributed by atoms with Gasteiger partial charge in [-0.3, -0.25) is 4.79 Å². The number of sulfonamides is 1. The van der Waals surface area contributed by atoms with Crippen LogP contribution in [0.5, 0.6) is 0 Å². The summed E-state index contributed by atoms with van der Waals surface area (Å²) in [6.07, 6.45) is 0. The maximum absolute atomic E-state index is 13.2. The summed E-state index contributed by atoms with van der Waals surface area (Å²) < 4.78 is 33.3. The van der Waals surface area contributed by atoms with Gasteiger partial charge in [-0.15, -0.1) is 0 Å². The van der Waals surface area contributed by atoms with Crippen molar-refractivity contribution in [3.8, 4) is 0 Å². The van der Waals surface area contributed by atoms with Gasteiger partial charge in [0.1, 0.15) is 5.84 Å². The molecule has 0 bridgehead atoms. The fraction of sp³-hybridized carbons (Fsp3) is 0.259. The molecule has 2 aliphatic heterocycles. The first-order valence-corrected chi connectivity index (χ1v) is 13.0. The van der Waals surface area contributed by atoms with Crippen LogP contribution >= 0.6 is 0 Å². The molecule has 0 aromatic heterocycles. The lowest BCUT2D eigenvalue weighted by Gasteiger charge is -2.27. The molecule has 5 rings (SSSR count). The van der Waals surface area contributed by atoms with Crippen LogP contribution in [0.4, 0.5) is 5.69 Å². The lowest BCUT2D eigenvalue weighted by atomic mass is 10.1. The summed E-state index contributed by atoms with van der Waals surface area (Å²) in [5.41, 5.74) is 5.07. The first-order valence-electron chi connectivity index (χ1n) is 11.6. The number of hydrogen-bond donors (Lipinski definition) is 0. The number of fused-ring (bicyclic) bond motifs is 1. The SMILES string of the molecule is Cc1ccc(C(=O)N=C2c3ccccc3CN2c2cccc(S(=O)(=O)N3CCOCC3)c2)c(C)c1. The van der Waals surface area contributed by atoms with E-state index in [1.54, 1.807) is 24.3 Å². The first-order chi connectivity index (χ1) is 16.8. The lowest BCUT2D eigenvalue weighted by Crippen LogP contribution is -2.40. The van der Waals surface area contributed by atoms with Crippen LogP contribution in [0.3, 0.4) is 0 Å². The highest BCUT2D eigenvalue weighted by Gasteiger charge is 2.30. The summed E-state index contributed by atoms with van der Waals surface area (Å²) >= 11 is 0. The van der Waals surface area contributed by atoms with E-state index < -0.39 is 10.0 Å². The highest BCUT2D eigenvalue weighted by atomic mass is 32.2. The van der Waals surface area contributed by atoms with Gasteiger partial charge in [0.2, 0.25) is 10.0 Å². The molecule has 0 saturated carbocycles. The zero-order valence-electron chi connectivity index (χ0n) is 19.8. The summed E-state index contributed by atoms with van der Waals surface area (Å²) in [5.74, 6) is 0.197. The van der Waals surface area contributed by atoms with E-state index in [0.717, 1.165) is 22.3 Å².